The van der Waals surface area contributed by atoms with Crippen LogP contribution in [0.1, 0.15) is 29.8 Å². The number of likely N-dealkylation sites (tertiary alicyclic amines) is 1. The van der Waals surface area contributed by atoms with Gasteiger partial charge in [0.05, 0.1) is 6.61 Å². The molecule has 2 aliphatic heterocycles. The second-order valence-electron chi connectivity index (χ2n) is 7.11. The Balaban J connectivity index is 1.25. The summed E-state index contributed by atoms with van der Waals surface area (Å²) in [5.74, 6) is 0.500. The van der Waals surface area contributed by atoms with Crippen molar-refractivity contribution in [2.75, 3.05) is 32.8 Å². The number of nitrogens with zero attached hydrogens (tertiary/aromatic N) is 2. The van der Waals surface area contributed by atoms with Crippen molar-refractivity contribution in [3.63, 3.8) is 0 Å². The standard InChI is InChI=1S/C20H25N3O2S/c24-19(18-14-26-20(22-18)16-4-2-1-3-5-16)21-12-15-6-9-23(10-7-15)17-8-11-25-13-17/h1-5,14-15,17H,6-13H2,(H,21,24)/t17-/m0/s1. The molecule has 138 valence electrons. The van der Waals surface area contributed by atoms with Gasteiger partial charge in [0.1, 0.15) is 10.7 Å². The molecule has 2 aromatic rings. The maximum atomic E-state index is 12.4. The molecule has 3 heterocycles. The fourth-order valence-electron chi connectivity index (χ4n) is 3.75. The molecule has 1 amide bonds. The van der Waals surface area contributed by atoms with Crippen molar-refractivity contribution in [2.45, 2.75) is 25.3 Å². The van der Waals surface area contributed by atoms with Gasteiger partial charge in [0.15, 0.2) is 0 Å². The molecule has 2 saturated heterocycles. The van der Waals surface area contributed by atoms with Gasteiger partial charge in [-0.05, 0) is 38.3 Å². The average Bonchev–Trinajstić information content (AvgIpc) is 3.39. The number of benzene rings is 1. The molecule has 1 aromatic carbocycles. The van der Waals surface area contributed by atoms with Crippen molar-refractivity contribution in [1.82, 2.24) is 15.2 Å². The number of ether oxygens (including phenoxy) is 1. The van der Waals surface area contributed by atoms with Crippen molar-refractivity contribution < 1.29 is 9.53 Å². The molecule has 0 saturated carbocycles. The van der Waals surface area contributed by atoms with Gasteiger partial charge in [-0.2, -0.15) is 0 Å². The number of rotatable bonds is 5. The highest BCUT2D eigenvalue weighted by Gasteiger charge is 2.27. The summed E-state index contributed by atoms with van der Waals surface area (Å²) in [6, 6.07) is 10.6. The summed E-state index contributed by atoms with van der Waals surface area (Å²) < 4.78 is 5.49. The zero-order valence-corrected chi connectivity index (χ0v) is 15.7. The zero-order chi connectivity index (χ0) is 17.8. The van der Waals surface area contributed by atoms with E-state index in [1.807, 2.05) is 35.7 Å². The van der Waals surface area contributed by atoms with Crippen molar-refractivity contribution in [2.24, 2.45) is 5.92 Å². The lowest BCUT2D eigenvalue weighted by Crippen LogP contribution is -2.44. The van der Waals surface area contributed by atoms with Gasteiger partial charge in [-0.3, -0.25) is 9.69 Å². The minimum atomic E-state index is -0.0601. The number of carbonyl (C=O) groups excluding carboxylic acids is 1. The number of thiazole rings is 1. The molecular formula is C20H25N3O2S. The molecule has 4 rings (SSSR count). The molecule has 2 fully saturated rings. The second-order valence-corrected chi connectivity index (χ2v) is 7.97. The topological polar surface area (TPSA) is 54.5 Å². The first-order valence-corrected chi connectivity index (χ1v) is 10.3. The lowest BCUT2D eigenvalue weighted by Gasteiger charge is -2.35. The maximum Gasteiger partial charge on any atom is 0.270 e. The Hall–Kier alpha value is -1.76. The minimum Gasteiger partial charge on any atom is -0.380 e. The van der Waals surface area contributed by atoms with Crippen LogP contribution in [0.25, 0.3) is 10.6 Å². The summed E-state index contributed by atoms with van der Waals surface area (Å²) in [6.07, 6.45) is 3.45. The predicted octanol–water partition coefficient (Wildman–Crippen LogP) is 3.04. The van der Waals surface area contributed by atoms with Gasteiger partial charge in [-0.25, -0.2) is 4.98 Å². The highest BCUT2D eigenvalue weighted by atomic mass is 32.1. The minimum absolute atomic E-state index is 0.0601. The summed E-state index contributed by atoms with van der Waals surface area (Å²) in [5.41, 5.74) is 1.58. The van der Waals surface area contributed by atoms with E-state index in [1.165, 1.54) is 11.3 Å². The fraction of sp³-hybridized carbons (Fsp3) is 0.500. The molecule has 0 radical (unpaired) electrons. The van der Waals surface area contributed by atoms with E-state index in [0.29, 0.717) is 17.7 Å². The molecule has 1 N–H and O–H groups in total. The monoisotopic (exact) mass is 371 g/mol. The van der Waals surface area contributed by atoms with E-state index < -0.39 is 0 Å². The lowest BCUT2D eigenvalue weighted by atomic mass is 9.95. The maximum absolute atomic E-state index is 12.4. The van der Waals surface area contributed by atoms with E-state index in [4.69, 9.17) is 4.74 Å². The normalized spacial score (nSPS) is 21.8. The average molecular weight is 372 g/mol. The summed E-state index contributed by atoms with van der Waals surface area (Å²) in [5, 5.41) is 5.82. The Morgan fingerprint density at radius 2 is 2.04 bits per heavy atom. The van der Waals surface area contributed by atoms with Crippen molar-refractivity contribution in [3.8, 4) is 10.6 Å². The molecule has 0 aliphatic carbocycles. The fourth-order valence-corrected chi connectivity index (χ4v) is 4.56. The van der Waals surface area contributed by atoms with Crippen LogP contribution in [0, 0.1) is 5.92 Å². The number of hydrogen-bond acceptors (Lipinski definition) is 5. The molecular weight excluding hydrogens is 346 g/mol. The van der Waals surface area contributed by atoms with Crippen LogP contribution in [0.5, 0.6) is 0 Å². The molecule has 0 spiro atoms. The van der Waals surface area contributed by atoms with E-state index in [1.54, 1.807) is 0 Å². The van der Waals surface area contributed by atoms with Crippen molar-refractivity contribution in [3.05, 3.63) is 41.4 Å². The molecule has 5 nitrogen and oxygen atoms in total. The van der Waals surface area contributed by atoms with E-state index >= 15 is 0 Å². The summed E-state index contributed by atoms with van der Waals surface area (Å²) in [7, 11) is 0. The quantitative estimate of drug-likeness (QED) is 0.878. The van der Waals surface area contributed by atoms with Gasteiger partial charge in [0.2, 0.25) is 0 Å². The Kier molecular flexibility index (Phi) is 5.62. The largest absolute Gasteiger partial charge is 0.380 e. The summed E-state index contributed by atoms with van der Waals surface area (Å²) in [4.78, 5) is 19.5. The Morgan fingerprint density at radius 3 is 2.77 bits per heavy atom. The number of piperidine rings is 1. The van der Waals surface area contributed by atoms with Crippen LogP contribution in [0.2, 0.25) is 0 Å². The third-order valence-electron chi connectivity index (χ3n) is 5.38. The Labute approximate surface area is 158 Å². The second kappa shape index (κ2) is 8.29. The Bertz CT molecular complexity index is 720. The number of carbonyl (C=O) groups is 1. The molecule has 6 heteroatoms. The van der Waals surface area contributed by atoms with Gasteiger partial charge >= 0.3 is 0 Å². The first-order valence-electron chi connectivity index (χ1n) is 9.40. The molecule has 1 atom stereocenters. The van der Waals surface area contributed by atoms with E-state index in [0.717, 1.165) is 62.7 Å². The van der Waals surface area contributed by atoms with Crippen molar-refractivity contribution in [1.29, 1.82) is 0 Å². The van der Waals surface area contributed by atoms with Crippen LogP contribution in [0.15, 0.2) is 35.7 Å². The lowest BCUT2D eigenvalue weighted by molar-refractivity contribution is 0.0907. The van der Waals surface area contributed by atoms with Crippen LogP contribution in [-0.2, 0) is 4.74 Å². The number of nitrogens with one attached hydrogen (secondary N) is 1. The molecule has 1 aromatic heterocycles. The van der Waals surface area contributed by atoms with Crippen LogP contribution >= 0.6 is 11.3 Å². The smallest absolute Gasteiger partial charge is 0.270 e. The highest BCUT2D eigenvalue weighted by molar-refractivity contribution is 7.13. The number of hydrogen-bond donors (Lipinski definition) is 1. The van der Waals surface area contributed by atoms with E-state index in [2.05, 4.69) is 15.2 Å². The van der Waals surface area contributed by atoms with Gasteiger partial charge in [-0.1, -0.05) is 30.3 Å². The SMILES string of the molecule is O=C(NCC1CCN([C@H]2CCOC2)CC1)c1csc(-c2ccccc2)n1. The zero-order valence-electron chi connectivity index (χ0n) is 14.9. The van der Waals surface area contributed by atoms with Crippen LogP contribution in [0.3, 0.4) is 0 Å². The van der Waals surface area contributed by atoms with Gasteiger partial charge in [-0.15, -0.1) is 11.3 Å². The number of amides is 1. The first-order chi connectivity index (χ1) is 12.8. The third-order valence-corrected chi connectivity index (χ3v) is 6.27. The Morgan fingerprint density at radius 1 is 1.23 bits per heavy atom. The number of aromatic nitrogens is 1. The van der Waals surface area contributed by atoms with E-state index in [-0.39, 0.29) is 5.91 Å². The summed E-state index contributed by atoms with van der Waals surface area (Å²) >= 11 is 1.52. The van der Waals surface area contributed by atoms with E-state index in [9.17, 15) is 4.79 Å². The van der Waals surface area contributed by atoms with Gasteiger partial charge in [0, 0.05) is 30.1 Å². The highest BCUT2D eigenvalue weighted by Crippen LogP contribution is 2.24. The van der Waals surface area contributed by atoms with Crippen LogP contribution in [-0.4, -0.2) is 54.7 Å². The van der Waals surface area contributed by atoms with Crippen molar-refractivity contribution >= 4 is 17.2 Å². The predicted molar refractivity (Wildman–Crippen MR) is 103 cm³/mol. The van der Waals surface area contributed by atoms with Gasteiger partial charge < -0.3 is 10.1 Å². The van der Waals surface area contributed by atoms with Gasteiger partial charge in [0.25, 0.3) is 5.91 Å². The third kappa shape index (κ3) is 4.14. The molecule has 2 aliphatic rings. The summed E-state index contributed by atoms with van der Waals surface area (Å²) in [6.45, 7) is 4.76. The first kappa shape index (κ1) is 17.6. The molecule has 26 heavy (non-hydrogen) atoms. The molecule has 0 bridgehead atoms. The van der Waals surface area contributed by atoms with Crippen LogP contribution in [0.4, 0.5) is 0 Å². The molecule has 0 unspecified atom stereocenters. The van der Waals surface area contributed by atoms with Crippen LogP contribution < -0.4 is 5.32 Å².